The van der Waals surface area contributed by atoms with Crippen LogP contribution in [0.3, 0.4) is 0 Å². The minimum atomic E-state index is 0.253. The predicted octanol–water partition coefficient (Wildman–Crippen LogP) is 3.41. The minimum Gasteiger partial charge on any atom is -0.370 e. The average molecular weight is 334 g/mol. The molecule has 0 fully saturated rings. The van der Waals surface area contributed by atoms with E-state index in [-0.39, 0.29) is 6.04 Å². The van der Waals surface area contributed by atoms with Gasteiger partial charge < -0.3 is 10.6 Å². The van der Waals surface area contributed by atoms with Gasteiger partial charge in [0.25, 0.3) is 0 Å². The largest absolute Gasteiger partial charge is 0.370 e. The van der Waals surface area contributed by atoms with Gasteiger partial charge in [0.05, 0.1) is 11.4 Å². The van der Waals surface area contributed by atoms with Crippen LogP contribution in [0.5, 0.6) is 0 Å². The van der Waals surface area contributed by atoms with Gasteiger partial charge in [-0.25, -0.2) is 4.98 Å². The molecule has 128 valence electrons. The van der Waals surface area contributed by atoms with Gasteiger partial charge in [-0.3, -0.25) is 9.97 Å². The van der Waals surface area contributed by atoms with Gasteiger partial charge in [-0.05, 0) is 50.1 Å². The number of aromatic nitrogens is 4. The third-order valence-corrected chi connectivity index (χ3v) is 3.54. The lowest BCUT2D eigenvalue weighted by molar-refractivity contribution is 0.873. The zero-order valence-corrected chi connectivity index (χ0v) is 14.5. The topological polar surface area (TPSA) is 75.6 Å². The second kappa shape index (κ2) is 8.19. The van der Waals surface area contributed by atoms with Gasteiger partial charge in [0, 0.05) is 37.2 Å². The standard InChI is InChI=1S/C19H22N6/c1-14(2)23-19-24-17(16-5-3-4-9-21-16)13-18(25-19)22-12-8-15-6-10-20-11-7-15/h3-7,9-11,13-14H,8,12H2,1-2H3,(H2,22,23,24,25). The van der Waals surface area contributed by atoms with Crippen molar-refractivity contribution in [1.82, 2.24) is 19.9 Å². The Bertz CT molecular complexity index is 790. The second-order valence-electron chi connectivity index (χ2n) is 6.01. The molecule has 0 saturated carbocycles. The molecule has 0 aromatic carbocycles. The maximum atomic E-state index is 4.58. The van der Waals surface area contributed by atoms with E-state index in [0.717, 1.165) is 30.2 Å². The van der Waals surface area contributed by atoms with Gasteiger partial charge in [0.15, 0.2) is 0 Å². The zero-order chi connectivity index (χ0) is 17.5. The fourth-order valence-corrected chi connectivity index (χ4v) is 2.39. The molecule has 0 saturated heterocycles. The van der Waals surface area contributed by atoms with Gasteiger partial charge in [-0.15, -0.1) is 0 Å². The van der Waals surface area contributed by atoms with Crippen LogP contribution in [0.25, 0.3) is 11.4 Å². The number of anilines is 2. The lowest BCUT2D eigenvalue weighted by Gasteiger charge is -2.13. The molecule has 2 N–H and O–H groups in total. The third kappa shape index (κ3) is 4.97. The van der Waals surface area contributed by atoms with Crippen molar-refractivity contribution in [1.29, 1.82) is 0 Å². The Balaban J connectivity index is 1.77. The van der Waals surface area contributed by atoms with E-state index in [1.165, 1.54) is 5.56 Å². The van der Waals surface area contributed by atoms with Crippen LogP contribution < -0.4 is 10.6 Å². The first-order valence-electron chi connectivity index (χ1n) is 8.40. The molecule has 0 bridgehead atoms. The molecule has 0 aliphatic carbocycles. The molecule has 3 aromatic heterocycles. The van der Waals surface area contributed by atoms with E-state index in [1.54, 1.807) is 6.20 Å². The smallest absolute Gasteiger partial charge is 0.225 e. The summed E-state index contributed by atoms with van der Waals surface area (Å²) in [5.74, 6) is 1.39. The first-order valence-corrected chi connectivity index (χ1v) is 8.40. The van der Waals surface area contributed by atoms with Gasteiger partial charge in [-0.2, -0.15) is 4.98 Å². The van der Waals surface area contributed by atoms with E-state index >= 15 is 0 Å². The second-order valence-corrected chi connectivity index (χ2v) is 6.01. The molecule has 0 unspecified atom stereocenters. The Hall–Kier alpha value is -3.02. The van der Waals surface area contributed by atoms with Crippen LogP contribution in [0.1, 0.15) is 19.4 Å². The van der Waals surface area contributed by atoms with E-state index < -0.39 is 0 Å². The molecule has 0 aliphatic heterocycles. The molecule has 0 spiro atoms. The highest BCUT2D eigenvalue weighted by Crippen LogP contribution is 2.19. The van der Waals surface area contributed by atoms with Gasteiger partial charge in [-0.1, -0.05) is 6.07 Å². The number of nitrogens with zero attached hydrogens (tertiary/aromatic N) is 4. The molecule has 25 heavy (non-hydrogen) atoms. The molecule has 6 heteroatoms. The Morgan fingerprint density at radius 2 is 1.80 bits per heavy atom. The maximum Gasteiger partial charge on any atom is 0.225 e. The molecular weight excluding hydrogens is 312 g/mol. The van der Waals surface area contributed by atoms with Crippen LogP contribution >= 0.6 is 0 Å². The summed E-state index contributed by atoms with van der Waals surface area (Å²) in [5, 5.41) is 6.64. The summed E-state index contributed by atoms with van der Waals surface area (Å²) in [4.78, 5) is 17.6. The molecule has 3 rings (SSSR count). The van der Waals surface area contributed by atoms with Crippen LogP contribution in [0.4, 0.5) is 11.8 Å². The fourth-order valence-electron chi connectivity index (χ4n) is 2.39. The molecule has 6 nitrogen and oxygen atoms in total. The Morgan fingerprint density at radius 3 is 2.52 bits per heavy atom. The zero-order valence-electron chi connectivity index (χ0n) is 14.5. The van der Waals surface area contributed by atoms with Gasteiger partial charge in [0.1, 0.15) is 5.82 Å². The highest BCUT2D eigenvalue weighted by atomic mass is 15.2. The first kappa shape index (κ1) is 16.8. The summed E-state index contributed by atoms with van der Waals surface area (Å²) < 4.78 is 0. The Morgan fingerprint density at radius 1 is 0.960 bits per heavy atom. The minimum absolute atomic E-state index is 0.253. The van der Waals surface area contributed by atoms with E-state index in [9.17, 15) is 0 Å². The predicted molar refractivity (Wildman–Crippen MR) is 100 cm³/mol. The van der Waals surface area contributed by atoms with Crippen LogP contribution in [0.2, 0.25) is 0 Å². The normalized spacial score (nSPS) is 10.7. The molecular formula is C19H22N6. The molecule has 3 heterocycles. The van der Waals surface area contributed by atoms with Crippen molar-refractivity contribution >= 4 is 11.8 Å². The van der Waals surface area contributed by atoms with E-state index in [2.05, 4.69) is 44.4 Å². The molecule has 0 aliphatic rings. The number of rotatable bonds is 7. The highest BCUT2D eigenvalue weighted by molar-refractivity contribution is 5.61. The fraction of sp³-hybridized carbons (Fsp3) is 0.263. The van der Waals surface area contributed by atoms with Crippen molar-refractivity contribution in [2.75, 3.05) is 17.2 Å². The quantitative estimate of drug-likeness (QED) is 0.689. The van der Waals surface area contributed by atoms with Crippen LogP contribution in [-0.4, -0.2) is 32.5 Å². The lowest BCUT2D eigenvalue weighted by Crippen LogP contribution is -2.14. The van der Waals surface area contributed by atoms with E-state index in [0.29, 0.717) is 5.95 Å². The number of pyridine rings is 2. The van der Waals surface area contributed by atoms with E-state index in [4.69, 9.17) is 0 Å². The first-order chi connectivity index (χ1) is 12.2. The van der Waals surface area contributed by atoms with Crippen LogP contribution in [-0.2, 0) is 6.42 Å². The van der Waals surface area contributed by atoms with Crippen molar-refractivity contribution < 1.29 is 0 Å². The van der Waals surface area contributed by atoms with E-state index in [1.807, 2.05) is 48.8 Å². The average Bonchev–Trinajstić information content (AvgIpc) is 2.63. The summed E-state index contributed by atoms with van der Waals surface area (Å²) in [6, 6.07) is 12.0. The van der Waals surface area contributed by atoms with Crippen molar-refractivity contribution in [2.24, 2.45) is 0 Å². The lowest BCUT2D eigenvalue weighted by atomic mass is 10.2. The number of nitrogens with one attached hydrogen (secondary N) is 2. The number of hydrogen-bond acceptors (Lipinski definition) is 6. The molecule has 0 radical (unpaired) electrons. The van der Waals surface area contributed by atoms with Crippen molar-refractivity contribution in [2.45, 2.75) is 26.3 Å². The van der Waals surface area contributed by atoms with Gasteiger partial charge in [0.2, 0.25) is 5.95 Å². The van der Waals surface area contributed by atoms with Crippen LogP contribution in [0, 0.1) is 0 Å². The summed E-state index contributed by atoms with van der Waals surface area (Å²) >= 11 is 0. The van der Waals surface area contributed by atoms with Gasteiger partial charge >= 0.3 is 0 Å². The molecule has 0 atom stereocenters. The summed E-state index contributed by atoms with van der Waals surface area (Å²) in [7, 11) is 0. The third-order valence-electron chi connectivity index (χ3n) is 3.54. The summed E-state index contributed by atoms with van der Waals surface area (Å²) in [5.41, 5.74) is 2.86. The van der Waals surface area contributed by atoms with Crippen molar-refractivity contribution in [3.63, 3.8) is 0 Å². The highest BCUT2D eigenvalue weighted by Gasteiger charge is 2.08. The maximum absolute atomic E-state index is 4.58. The molecule has 3 aromatic rings. The number of hydrogen-bond donors (Lipinski definition) is 2. The Labute approximate surface area is 147 Å². The Kier molecular flexibility index (Phi) is 5.51. The summed E-state index contributed by atoms with van der Waals surface area (Å²) in [6.45, 7) is 4.91. The molecule has 0 amide bonds. The SMILES string of the molecule is CC(C)Nc1nc(NCCc2ccncc2)cc(-c2ccccn2)n1. The van der Waals surface area contributed by atoms with Crippen molar-refractivity contribution in [3.05, 3.63) is 60.6 Å². The van der Waals surface area contributed by atoms with Crippen molar-refractivity contribution in [3.8, 4) is 11.4 Å². The summed E-state index contributed by atoms with van der Waals surface area (Å²) in [6.07, 6.45) is 6.29. The monoisotopic (exact) mass is 334 g/mol. The van der Waals surface area contributed by atoms with Crippen LogP contribution in [0.15, 0.2) is 55.0 Å².